The van der Waals surface area contributed by atoms with Crippen LogP contribution in [0.1, 0.15) is 58.6 Å². The van der Waals surface area contributed by atoms with Crippen LogP contribution >= 0.6 is 0 Å². The molecule has 0 bridgehead atoms. The van der Waals surface area contributed by atoms with E-state index in [9.17, 15) is 0 Å². The van der Waals surface area contributed by atoms with Gasteiger partial charge in [-0.25, -0.2) is 0 Å². The van der Waals surface area contributed by atoms with Gasteiger partial charge in [-0.05, 0) is 32.9 Å². The van der Waals surface area contributed by atoms with Crippen molar-refractivity contribution in [2.75, 3.05) is 0 Å². The Hall–Kier alpha value is -1.24. The second-order valence-electron chi connectivity index (χ2n) is 2.68. The van der Waals surface area contributed by atoms with Gasteiger partial charge in [-0.1, -0.05) is 45.9 Å². The molecule has 0 amide bonds. The van der Waals surface area contributed by atoms with Gasteiger partial charge in [0.15, 0.2) is 0 Å². The third-order valence-corrected chi connectivity index (χ3v) is 1.58. The highest BCUT2D eigenvalue weighted by Crippen LogP contribution is 2.17. The summed E-state index contributed by atoms with van der Waals surface area (Å²) in [5.41, 5.74) is 1.15. The van der Waals surface area contributed by atoms with Gasteiger partial charge in [0.25, 0.3) is 0 Å². The van der Waals surface area contributed by atoms with Gasteiger partial charge in [-0.2, -0.15) is 0 Å². The molecular weight excluding hydrogens is 196 g/mol. The van der Waals surface area contributed by atoms with E-state index in [4.69, 9.17) is 4.42 Å². The summed E-state index contributed by atoms with van der Waals surface area (Å²) in [4.78, 5) is 0. The largest absolute Gasteiger partial charge is 0.461 e. The fourth-order valence-electron chi connectivity index (χ4n) is 1.14. The molecule has 0 aromatic carbocycles. The van der Waals surface area contributed by atoms with E-state index in [2.05, 4.69) is 0 Å². The van der Waals surface area contributed by atoms with Gasteiger partial charge in [0.1, 0.15) is 11.5 Å². The van der Waals surface area contributed by atoms with Crippen LogP contribution in [0.2, 0.25) is 0 Å². The molecule has 0 saturated carbocycles. The third kappa shape index (κ3) is 6.28. The zero-order valence-corrected chi connectivity index (χ0v) is 11.8. The molecule has 0 aliphatic carbocycles. The highest BCUT2D eigenvalue weighted by molar-refractivity contribution is 5.61. The van der Waals surface area contributed by atoms with Gasteiger partial charge in [-0.3, -0.25) is 0 Å². The van der Waals surface area contributed by atoms with E-state index in [-0.39, 0.29) is 0 Å². The van der Waals surface area contributed by atoms with Crippen molar-refractivity contribution in [3.63, 3.8) is 0 Å². The first kappa shape index (κ1) is 17.2. The molecule has 0 aliphatic heterocycles. The van der Waals surface area contributed by atoms with Crippen molar-refractivity contribution >= 4 is 12.2 Å². The summed E-state index contributed by atoms with van der Waals surface area (Å²) in [5.74, 6) is 1.89. The molecule has 1 heteroatoms. The molecule has 1 aromatic rings. The number of hydrogen-bond acceptors (Lipinski definition) is 1. The van der Waals surface area contributed by atoms with Crippen molar-refractivity contribution in [1.29, 1.82) is 0 Å². The summed E-state index contributed by atoms with van der Waals surface area (Å²) in [7, 11) is 0. The van der Waals surface area contributed by atoms with Gasteiger partial charge < -0.3 is 4.42 Å². The number of furan rings is 1. The lowest BCUT2D eigenvalue weighted by Gasteiger charge is -1.87. The molecule has 0 aliphatic rings. The second kappa shape index (κ2) is 11.8. The van der Waals surface area contributed by atoms with Gasteiger partial charge in [-0.15, -0.1) is 0 Å². The zero-order chi connectivity index (χ0) is 13.0. The Morgan fingerprint density at radius 2 is 1.44 bits per heavy atom. The molecule has 0 fully saturated rings. The topological polar surface area (TPSA) is 13.1 Å². The standard InChI is InChI=1S/C11H14O.2C2H6/c1-4-6-10-8-9(3)12-11(10)7-5-2;2*1-2/h4-8H,1-3H3;2*1-2H3/b6-4-,7-5-;;. The molecule has 0 saturated heterocycles. The van der Waals surface area contributed by atoms with Gasteiger partial charge in [0.2, 0.25) is 0 Å². The van der Waals surface area contributed by atoms with Crippen LogP contribution in [-0.2, 0) is 0 Å². The number of hydrogen-bond donors (Lipinski definition) is 0. The van der Waals surface area contributed by atoms with Crippen LogP contribution in [0.5, 0.6) is 0 Å². The number of rotatable bonds is 2. The van der Waals surface area contributed by atoms with Crippen LogP contribution < -0.4 is 0 Å². The molecule has 0 N–H and O–H groups in total. The van der Waals surface area contributed by atoms with E-state index in [0.717, 1.165) is 17.1 Å². The van der Waals surface area contributed by atoms with E-state index in [0.29, 0.717) is 0 Å². The maximum Gasteiger partial charge on any atom is 0.133 e. The van der Waals surface area contributed by atoms with E-state index in [1.54, 1.807) is 0 Å². The van der Waals surface area contributed by atoms with Crippen LogP contribution in [0.25, 0.3) is 12.2 Å². The van der Waals surface area contributed by atoms with Crippen molar-refractivity contribution < 1.29 is 4.42 Å². The molecular formula is C15H26O. The highest BCUT2D eigenvalue weighted by atomic mass is 16.3. The number of allylic oxidation sites excluding steroid dienone is 2. The van der Waals surface area contributed by atoms with Gasteiger partial charge >= 0.3 is 0 Å². The average molecular weight is 222 g/mol. The minimum Gasteiger partial charge on any atom is -0.461 e. The molecule has 1 heterocycles. The molecule has 0 unspecified atom stereocenters. The summed E-state index contributed by atoms with van der Waals surface area (Å²) in [6, 6.07) is 2.04. The molecule has 92 valence electrons. The Kier molecular flexibility index (Phi) is 12.7. The SMILES string of the molecule is C/C=C\c1cc(C)oc1/C=C\C.CC.CC. The van der Waals surface area contributed by atoms with Crippen LogP contribution in [0.15, 0.2) is 22.6 Å². The predicted molar refractivity (Wildman–Crippen MR) is 75.6 cm³/mol. The summed E-state index contributed by atoms with van der Waals surface area (Å²) >= 11 is 0. The van der Waals surface area contributed by atoms with Crippen molar-refractivity contribution in [2.24, 2.45) is 0 Å². The normalized spacial score (nSPS) is 9.69. The Bertz CT molecular complexity index is 274. The Labute approximate surface area is 101 Å². The van der Waals surface area contributed by atoms with E-state index < -0.39 is 0 Å². The maximum absolute atomic E-state index is 5.47. The van der Waals surface area contributed by atoms with Gasteiger partial charge in [0.05, 0.1) is 0 Å². The van der Waals surface area contributed by atoms with Crippen LogP contribution in [0, 0.1) is 6.92 Å². The first-order valence-electron chi connectivity index (χ1n) is 6.13. The molecule has 1 aromatic heterocycles. The van der Waals surface area contributed by atoms with E-state index in [1.807, 2.05) is 78.8 Å². The van der Waals surface area contributed by atoms with E-state index in [1.165, 1.54) is 0 Å². The monoisotopic (exact) mass is 222 g/mol. The summed E-state index contributed by atoms with van der Waals surface area (Å²) in [6.07, 6.45) is 8.01. The molecule has 0 atom stereocenters. The van der Waals surface area contributed by atoms with Crippen molar-refractivity contribution in [2.45, 2.75) is 48.5 Å². The van der Waals surface area contributed by atoms with E-state index >= 15 is 0 Å². The van der Waals surface area contributed by atoms with Crippen molar-refractivity contribution in [1.82, 2.24) is 0 Å². The predicted octanol–water partition coefficient (Wildman–Crippen LogP) is 5.71. The number of aryl methyl sites for hydroxylation is 1. The maximum atomic E-state index is 5.47. The second-order valence-corrected chi connectivity index (χ2v) is 2.68. The van der Waals surface area contributed by atoms with Crippen LogP contribution in [0.4, 0.5) is 0 Å². The lowest BCUT2D eigenvalue weighted by atomic mass is 10.2. The molecule has 16 heavy (non-hydrogen) atoms. The third-order valence-electron chi connectivity index (χ3n) is 1.58. The Balaban J connectivity index is 0. The molecule has 1 nitrogen and oxygen atoms in total. The summed E-state index contributed by atoms with van der Waals surface area (Å²) < 4.78 is 5.47. The van der Waals surface area contributed by atoms with Gasteiger partial charge in [0, 0.05) is 5.56 Å². The van der Waals surface area contributed by atoms with Crippen molar-refractivity contribution in [3.05, 3.63) is 35.3 Å². The average Bonchev–Trinajstić information content (AvgIpc) is 2.66. The quantitative estimate of drug-likeness (QED) is 0.625. The Morgan fingerprint density at radius 1 is 0.938 bits per heavy atom. The summed E-state index contributed by atoms with van der Waals surface area (Å²) in [5, 5.41) is 0. The highest BCUT2D eigenvalue weighted by Gasteiger charge is 2.01. The smallest absolute Gasteiger partial charge is 0.133 e. The van der Waals surface area contributed by atoms with Crippen molar-refractivity contribution in [3.8, 4) is 0 Å². The molecule has 0 spiro atoms. The lowest BCUT2D eigenvalue weighted by molar-refractivity contribution is 0.524. The molecule has 1 rings (SSSR count). The fourth-order valence-corrected chi connectivity index (χ4v) is 1.14. The molecule has 0 radical (unpaired) electrons. The first-order chi connectivity index (χ1) is 7.77. The van der Waals surface area contributed by atoms with Crippen LogP contribution in [-0.4, -0.2) is 0 Å². The minimum atomic E-state index is 0.938. The first-order valence-corrected chi connectivity index (χ1v) is 6.13. The lowest BCUT2D eigenvalue weighted by Crippen LogP contribution is -1.68. The van der Waals surface area contributed by atoms with Crippen LogP contribution in [0.3, 0.4) is 0 Å². The minimum absolute atomic E-state index is 0.938. The summed E-state index contributed by atoms with van der Waals surface area (Å²) in [6.45, 7) is 13.9. The Morgan fingerprint density at radius 3 is 1.88 bits per heavy atom. The fraction of sp³-hybridized carbons (Fsp3) is 0.467. The zero-order valence-electron chi connectivity index (χ0n) is 11.8.